The molecule has 0 bridgehead atoms. The molecule has 0 radical (unpaired) electrons. The fourth-order valence-corrected chi connectivity index (χ4v) is 4.18. The van der Waals surface area contributed by atoms with Crippen molar-refractivity contribution >= 4 is 11.8 Å². The van der Waals surface area contributed by atoms with Crippen LogP contribution in [0.2, 0.25) is 0 Å². The Balaban J connectivity index is 1.45. The van der Waals surface area contributed by atoms with Crippen LogP contribution in [0.1, 0.15) is 38.5 Å². The highest BCUT2D eigenvalue weighted by Crippen LogP contribution is 2.42. The van der Waals surface area contributed by atoms with Gasteiger partial charge in [0.05, 0.1) is 18.6 Å². The summed E-state index contributed by atoms with van der Waals surface area (Å²) in [5, 5.41) is 0. The molecule has 2 amide bonds. The Kier molecular flexibility index (Phi) is 5.76. The lowest BCUT2D eigenvalue weighted by Gasteiger charge is -2.45. The summed E-state index contributed by atoms with van der Waals surface area (Å²) in [5.41, 5.74) is -0.263. The first-order valence-electron chi connectivity index (χ1n) is 9.43. The number of hydrogen-bond donors (Lipinski definition) is 0. The first-order chi connectivity index (χ1) is 11.6. The molecule has 0 aromatic carbocycles. The average molecular weight is 337 g/mol. The molecule has 2 saturated heterocycles. The van der Waals surface area contributed by atoms with Gasteiger partial charge in [-0.15, -0.1) is 0 Å². The number of methoxy groups -OCH3 is 1. The molecule has 0 spiro atoms. The largest absolute Gasteiger partial charge is 0.384 e. The quantitative estimate of drug-likeness (QED) is 0.750. The van der Waals surface area contributed by atoms with Gasteiger partial charge in [-0.05, 0) is 32.1 Å². The summed E-state index contributed by atoms with van der Waals surface area (Å²) in [6.45, 7) is 5.94. The summed E-state index contributed by atoms with van der Waals surface area (Å²) in [5.74, 6) is 0.516. The Morgan fingerprint density at radius 2 is 1.54 bits per heavy atom. The molecule has 6 nitrogen and oxygen atoms in total. The van der Waals surface area contributed by atoms with Gasteiger partial charge in [-0.3, -0.25) is 14.5 Å². The zero-order chi connectivity index (χ0) is 17.0. The molecule has 24 heavy (non-hydrogen) atoms. The Morgan fingerprint density at radius 3 is 2.08 bits per heavy atom. The smallest absolute Gasteiger partial charge is 0.236 e. The van der Waals surface area contributed by atoms with Crippen LogP contribution in [0.25, 0.3) is 0 Å². The maximum atomic E-state index is 12.8. The number of piperidine rings is 1. The van der Waals surface area contributed by atoms with Crippen LogP contribution in [0, 0.1) is 5.41 Å². The number of likely N-dealkylation sites (tertiary alicyclic amines) is 1. The van der Waals surface area contributed by atoms with Crippen molar-refractivity contribution in [1.82, 2.24) is 14.7 Å². The molecule has 0 unspecified atom stereocenters. The Bertz CT molecular complexity index is 450. The summed E-state index contributed by atoms with van der Waals surface area (Å²) in [4.78, 5) is 31.4. The monoisotopic (exact) mass is 337 g/mol. The predicted octanol–water partition coefficient (Wildman–Crippen LogP) is 0.960. The van der Waals surface area contributed by atoms with Gasteiger partial charge in [0, 0.05) is 46.4 Å². The second-order valence-electron chi connectivity index (χ2n) is 7.58. The van der Waals surface area contributed by atoms with Gasteiger partial charge in [0.2, 0.25) is 11.8 Å². The van der Waals surface area contributed by atoms with E-state index in [0.717, 1.165) is 71.4 Å². The number of nitrogens with zero attached hydrogens (tertiary/aromatic N) is 3. The molecule has 0 atom stereocenters. The molecular formula is C18H31N3O3. The highest BCUT2D eigenvalue weighted by molar-refractivity contribution is 5.84. The van der Waals surface area contributed by atoms with Crippen molar-refractivity contribution in [2.24, 2.45) is 5.41 Å². The summed E-state index contributed by atoms with van der Waals surface area (Å²) < 4.78 is 5.29. The van der Waals surface area contributed by atoms with E-state index in [2.05, 4.69) is 4.90 Å². The molecule has 0 aromatic rings. The van der Waals surface area contributed by atoms with Crippen LogP contribution >= 0.6 is 0 Å². The molecule has 6 heteroatoms. The van der Waals surface area contributed by atoms with Crippen molar-refractivity contribution in [2.75, 3.05) is 59.5 Å². The van der Waals surface area contributed by atoms with Crippen LogP contribution in [0.15, 0.2) is 0 Å². The second-order valence-corrected chi connectivity index (χ2v) is 7.58. The van der Waals surface area contributed by atoms with Crippen molar-refractivity contribution in [1.29, 1.82) is 0 Å². The third-order valence-electron chi connectivity index (χ3n) is 5.91. The minimum Gasteiger partial charge on any atom is -0.384 e. The molecule has 0 aromatic heterocycles. The van der Waals surface area contributed by atoms with E-state index in [-0.39, 0.29) is 17.2 Å². The second kappa shape index (κ2) is 7.83. The van der Waals surface area contributed by atoms with Crippen LogP contribution in [0.4, 0.5) is 0 Å². The van der Waals surface area contributed by atoms with E-state index >= 15 is 0 Å². The van der Waals surface area contributed by atoms with Crippen molar-refractivity contribution in [3.05, 3.63) is 0 Å². The number of carbonyl (C=O) groups excluding carboxylic acids is 2. The number of amides is 2. The van der Waals surface area contributed by atoms with E-state index in [1.807, 2.05) is 9.80 Å². The zero-order valence-corrected chi connectivity index (χ0v) is 15.0. The van der Waals surface area contributed by atoms with Crippen molar-refractivity contribution in [2.45, 2.75) is 38.5 Å². The van der Waals surface area contributed by atoms with Crippen LogP contribution in [-0.4, -0.2) is 86.0 Å². The van der Waals surface area contributed by atoms with Gasteiger partial charge in [0.15, 0.2) is 0 Å². The molecule has 1 saturated carbocycles. The van der Waals surface area contributed by atoms with E-state index in [0.29, 0.717) is 13.2 Å². The van der Waals surface area contributed by atoms with Gasteiger partial charge in [0.1, 0.15) is 0 Å². The van der Waals surface area contributed by atoms with Gasteiger partial charge in [-0.2, -0.15) is 0 Å². The van der Waals surface area contributed by atoms with Crippen LogP contribution in [0.5, 0.6) is 0 Å². The Hall–Kier alpha value is -1.14. The molecule has 3 rings (SSSR count). The third kappa shape index (κ3) is 3.75. The normalized spacial score (nSPS) is 24.5. The van der Waals surface area contributed by atoms with Gasteiger partial charge in [0.25, 0.3) is 0 Å². The van der Waals surface area contributed by atoms with Gasteiger partial charge in [-0.1, -0.05) is 6.42 Å². The zero-order valence-electron chi connectivity index (χ0n) is 15.0. The molecular weight excluding hydrogens is 306 g/mol. The predicted molar refractivity (Wildman–Crippen MR) is 91.6 cm³/mol. The van der Waals surface area contributed by atoms with Crippen LogP contribution < -0.4 is 0 Å². The number of hydrogen-bond acceptors (Lipinski definition) is 4. The van der Waals surface area contributed by atoms with Gasteiger partial charge >= 0.3 is 0 Å². The lowest BCUT2D eigenvalue weighted by molar-refractivity contribution is -0.154. The van der Waals surface area contributed by atoms with E-state index in [4.69, 9.17) is 4.74 Å². The summed E-state index contributed by atoms with van der Waals surface area (Å²) in [6, 6.07) is 0. The van der Waals surface area contributed by atoms with Crippen LogP contribution in [0.3, 0.4) is 0 Å². The van der Waals surface area contributed by atoms with E-state index < -0.39 is 0 Å². The molecule has 3 aliphatic rings. The first-order valence-corrected chi connectivity index (χ1v) is 9.43. The fourth-order valence-electron chi connectivity index (χ4n) is 4.18. The lowest BCUT2D eigenvalue weighted by atomic mass is 9.68. The number of carbonyl (C=O) groups is 2. The topological polar surface area (TPSA) is 53.1 Å². The number of piperazine rings is 1. The lowest BCUT2D eigenvalue weighted by Crippen LogP contribution is -2.57. The van der Waals surface area contributed by atoms with E-state index in [1.54, 1.807) is 7.11 Å². The third-order valence-corrected chi connectivity index (χ3v) is 5.91. The number of ether oxygens (including phenoxy) is 1. The summed E-state index contributed by atoms with van der Waals surface area (Å²) in [6.07, 6.45) is 6.54. The molecule has 3 fully saturated rings. The number of rotatable bonds is 5. The van der Waals surface area contributed by atoms with E-state index in [9.17, 15) is 9.59 Å². The summed E-state index contributed by atoms with van der Waals surface area (Å²) >= 11 is 0. The van der Waals surface area contributed by atoms with Crippen molar-refractivity contribution in [3.63, 3.8) is 0 Å². The molecule has 2 heterocycles. The Morgan fingerprint density at radius 1 is 0.875 bits per heavy atom. The maximum absolute atomic E-state index is 12.8. The minimum atomic E-state index is -0.263. The molecule has 0 N–H and O–H groups in total. The molecule has 1 aliphatic carbocycles. The highest BCUT2D eigenvalue weighted by atomic mass is 16.5. The van der Waals surface area contributed by atoms with Crippen molar-refractivity contribution in [3.8, 4) is 0 Å². The van der Waals surface area contributed by atoms with E-state index in [1.165, 1.54) is 6.42 Å². The summed E-state index contributed by atoms with van der Waals surface area (Å²) in [7, 11) is 1.68. The minimum absolute atomic E-state index is 0.254. The fraction of sp³-hybridized carbons (Fsp3) is 0.889. The van der Waals surface area contributed by atoms with Gasteiger partial charge in [-0.25, -0.2) is 0 Å². The first kappa shape index (κ1) is 17.7. The SMILES string of the molecule is COCC1(C(=O)N2CCN(CC(=O)N3CCCCC3)CC2)CCC1. The maximum Gasteiger partial charge on any atom is 0.236 e. The van der Waals surface area contributed by atoms with Crippen molar-refractivity contribution < 1.29 is 14.3 Å². The van der Waals surface area contributed by atoms with Gasteiger partial charge < -0.3 is 14.5 Å². The highest BCUT2D eigenvalue weighted by Gasteiger charge is 2.46. The molecule has 136 valence electrons. The average Bonchev–Trinajstić information content (AvgIpc) is 2.59. The Labute approximate surface area is 145 Å². The molecule has 2 aliphatic heterocycles. The van der Waals surface area contributed by atoms with Crippen LogP contribution in [-0.2, 0) is 14.3 Å². The standard InChI is InChI=1S/C18H31N3O3/c1-24-15-18(6-5-7-18)17(23)21-12-10-19(11-13-21)14-16(22)20-8-3-2-4-9-20/h2-15H2,1H3.